The highest BCUT2D eigenvalue weighted by atomic mass is 14.6. The Labute approximate surface area is 70.5 Å². The zero-order chi connectivity index (χ0) is 9.11. The molecule has 0 fully saturated rings. The summed E-state index contributed by atoms with van der Waals surface area (Å²) < 4.78 is 0. The van der Waals surface area contributed by atoms with Crippen molar-refractivity contribution in [1.29, 1.82) is 0 Å². The minimum atomic E-state index is 1.07. The van der Waals surface area contributed by atoms with Gasteiger partial charge in [-0.2, -0.15) is 0 Å². The van der Waals surface area contributed by atoms with Crippen molar-refractivity contribution in [1.82, 2.24) is 0 Å². The fourth-order valence-electron chi connectivity index (χ4n) is 0.491. The Hall–Kier alpha value is -0.850. The molecule has 0 aromatic heterocycles. The number of rotatable bonds is 3. The molecule has 0 unspecified atom stereocenters. The molecular formula is C10H19N. The van der Waals surface area contributed by atoms with Gasteiger partial charge in [0.15, 0.2) is 0 Å². The third-order valence-electron chi connectivity index (χ3n) is 0.911. The SMILES string of the molecule is C=N/C=C(C)\C=C/CC.CC. The lowest BCUT2D eigenvalue weighted by molar-refractivity contribution is 1.21. The van der Waals surface area contributed by atoms with Gasteiger partial charge in [0.25, 0.3) is 0 Å². The van der Waals surface area contributed by atoms with E-state index in [0.29, 0.717) is 0 Å². The van der Waals surface area contributed by atoms with Crippen LogP contribution in [0.15, 0.2) is 28.9 Å². The Bertz CT molecular complexity index is 132. The quantitative estimate of drug-likeness (QED) is 0.434. The lowest BCUT2D eigenvalue weighted by Crippen LogP contribution is -1.64. The van der Waals surface area contributed by atoms with Crippen LogP contribution in [0.2, 0.25) is 0 Å². The van der Waals surface area contributed by atoms with Crippen LogP contribution >= 0.6 is 0 Å². The molecule has 0 aliphatic heterocycles. The smallest absolute Gasteiger partial charge is 0.0289 e. The predicted molar refractivity (Wildman–Crippen MR) is 54.1 cm³/mol. The fraction of sp³-hybridized carbons (Fsp3) is 0.500. The second-order valence-corrected chi connectivity index (χ2v) is 1.87. The van der Waals surface area contributed by atoms with E-state index >= 15 is 0 Å². The largest absolute Gasteiger partial charge is 0.272 e. The van der Waals surface area contributed by atoms with Crippen LogP contribution in [-0.4, -0.2) is 6.72 Å². The summed E-state index contributed by atoms with van der Waals surface area (Å²) in [6.07, 6.45) is 6.94. The Morgan fingerprint density at radius 2 is 2.00 bits per heavy atom. The number of hydrogen-bond donors (Lipinski definition) is 0. The fourth-order valence-corrected chi connectivity index (χ4v) is 0.491. The van der Waals surface area contributed by atoms with E-state index in [1.165, 1.54) is 0 Å². The minimum Gasteiger partial charge on any atom is -0.272 e. The number of aliphatic imine (C=N–C) groups is 1. The van der Waals surface area contributed by atoms with Gasteiger partial charge >= 0.3 is 0 Å². The maximum atomic E-state index is 3.63. The van der Waals surface area contributed by atoms with Gasteiger partial charge in [0.2, 0.25) is 0 Å². The highest BCUT2D eigenvalue weighted by Crippen LogP contribution is 1.94. The molecule has 0 bridgehead atoms. The lowest BCUT2D eigenvalue weighted by atomic mass is 10.3. The summed E-state index contributed by atoms with van der Waals surface area (Å²) in [5.41, 5.74) is 1.15. The van der Waals surface area contributed by atoms with Crippen LogP contribution in [0.5, 0.6) is 0 Å². The molecule has 64 valence electrons. The summed E-state index contributed by atoms with van der Waals surface area (Å²) in [7, 11) is 0. The molecule has 0 amide bonds. The van der Waals surface area contributed by atoms with Crippen LogP contribution in [0.25, 0.3) is 0 Å². The number of allylic oxidation sites excluding steroid dienone is 3. The third-order valence-corrected chi connectivity index (χ3v) is 0.911. The van der Waals surface area contributed by atoms with Crippen LogP contribution in [-0.2, 0) is 0 Å². The first-order valence-electron chi connectivity index (χ1n) is 4.10. The first-order valence-corrected chi connectivity index (χ1v) is 4.10. The van der Waals surface area contributed by atoms with Gasteiger partial charge < -0.3 is 0 Å². The van der Waals surface area contributed by atoms with Crippen molar-refractivity contribution in [3.63, 3.8) is 0 Å². The summed E-state index contributed by atoms with van der Waals surface area (Å²) in [5, 5.41) is 0. The van der Waals surface area contributed by atoms with Crippen LogP contribution in [0.4, 0.5) is 0 Å². The van der Waals surface area contributed by atoms with Crippen LogP contribution in [0.1, 0.15) is 34.1 Å². The van der Waals surface area contributed by atoms with Crippen molar-refractivity contribution in [2.45, 2.75) is 34.1 Å². The van der Waals surface area contributed by atoms with E-state index in [9.17, 15) is 0 Å². The van der Waals surface area contributed by atoms with Crippen molar-refractivity contribution in [3.05, 3.63) is 23.9 Å². The Morgan fingerprint density at radius 1 is 1.45 bits per heavy atom. The topological polar surface area (TPSA) is 12.4 Å². The molecule has 0 saturated heterocycles. The zero-order valence-electron chi connectivity index (χ0n) is 8.09. The highest BCUT2D eigenvalue weighted by molar-refractivity contribution is 5.28. The standard InChI is InChI=1S/C8H13N.C2H6/c1-4-5-6-8(2)7-9-3;1-2/h5-7H,3-4H2,1-2H3;1-2H3/b6-5-,8-7-;. The molecule has 0 aliphatic rings. The maximum absolute atomic E-state index is 3.63. The minimum absolute atomic E-state index is 1.07. The molecule has 0 aliphatic carbocycles. The normalized spacial score (nSPS) is 10.7. The van der Waals surface area contributed by atoms with Crippen molar-refractivity contribution in [3.8, 4) is 0 Å². The van der Waals surface area contributed by atoms with E-state index in [1.54, 1.807) is 6.20 Å². The molecule has 0 aromatic rings. The van der Waals surface area contributed by atoms with Gasteiger partial charge in [-0.25, -0.2) is 0 Å². The maximum Gasteiger partial charge on any atom is 0.0289 e. The molecule has 0 aromatic carbocycles. The summed E-state index contributed by atoms with van der Waals surface area (Å²) in [6.45, 7) is 11.5. The molecule has 0 saturated carbocycles. The Kier molecular flexibility index (Phi) is 13.8. The number of hydrogen-bond acceptors (Lipinski definition) is 1. The Balaban J connectivity index is 0. The Morgan fingerprint density at radius 3 is 2.36 bits per heavy atom. The summed E-state index contributed by atoms with van der Waals surface area (Å²) in [6, 6.07) is 0. The molecule has 0 spiro atoms. The summed E-state index contributed by atoms with van der Waals surface area (Å²) >= 11 is 0. The van der Waals surface area contributed by atoms with Crippen molar-refractivity contribution < 1.29 is 0 Å². The van der Waals surface area contributed by atoms with Gasteiger partial charge in [-0.15, -0.1) is 0 Å². The lowest BCUT2D eigenvalue weighted by Gasteiger charge is -1.84. The van der Waals surface area contributed by atoms with Crippen molar-refractivity contribution in [2.24, 2.45) is 4.99 Å². The molecule has 0 heterocycles. The van der Waals surface area contributed by atoms with E-state index in [-0.39, 0.29) is 0 Å². The zero-order valence-corrected chi connectivity index (χ0v) is 8.09. The third kappa shape index (κ3) is 12.4. The summed E-state index contributed by atoms with van der Waals surface area (Å²) in [5.74, 6) is 0. The molecular weight excluding hydrogens is 134 g/mol. The average Bonchev–Trinajstić information content (AvgIpc) is 2.05. The van der Waals surface area contributed by atoms with Gasteiger partial charge in [0.05, 0.1) is 0 Å². The van der Waals surface area contributed by atoms with E-state index in [0.717, 1.165) is 12.0 Å². The van der Waals surface area contributed by atoms with Crippen LogP contribution in [0.3, 0.4) is 0 Å². The van der Waals surface area contributed by atoms with E-state index in [2.05, 4.69) is 24.7 Å². The van der Waals surface area contributed by atoms with Crippen LogP contribution in [0, 0.1) is 0 Å². The van der Waals surface area contributed by atoms with E-state index in [1.807, 2.05) is 26.8 Å². The molecule has 1 nitrogen and oxygen atoms in total. The first-order chi connectivity index (χ1) is 5.31. The molecule has 0 rings (SSSR count). The summed E-state index contributed by atoms with van der Waals surface area (Å²) in [4.78, 5) is 3.63. The van der Waals surface area contributed by atoms with Gasteiger partial charge in [-0.3, -0.25) is 4.99 Å². The van der Waals surface area contributed by atoms with Gasteiger partial charge in [-0.1, -0.05) is 32.9 Å². The second-order valence-electron chi connectivity index (χ2n) is 1.87. The van der Waals surface area contributed by atoms with Crippen LogP contribution < -0.4 is 0 Å². The highest BCUT2D eigenvalue weighted by Gasteiger charge is 1.74. The monoisotopic (exact) mass is 153 g/mol. The first kappa shape index (κ1) is 12.8. The van der Waals surface area contributed by atoms with E-state index in [4.69, 9.17) is 0 Å². The van der Waals surface area contributed by atoms with E-state index < -0.39 is 0 Å². The molecule has 0 N–H and O–H groups in total. The second kappa shape index (κ2) is 11.9. The average molecular weight is 153 g/mol. The van der Waals surface area contributed by atoms with Crippen molar-refractivity contribution in [2.75, 3.05) is 0 Å². The molecule has 0 radical (unpaired) electrons. The van der Waals surface area contributed by atoms with Gasteiger partial charge in [0, 0.05) is 6.20 Å². The van der Waals surface area contributed by atoms with Gasteiger partial charge in [-0.05, 0) is 25.6 Å². The molecule has 11 heavy (non-hydrogen) atoms. The predicted octanol–water partition coefficient (Wildman–Crippen LogP) is 3.58. The molecule has 0 atom stereocenters. The van der Waals surface area contributed by atoms with Gasteiger partial charge in [0.1, 0.15) is 0 Å². The number of nitrogens with zero attached hydrogens (tertiary/aromatic N) is 1. The van der Waals surface area contributed by atoms with Crippen molar-refractivity contribution >= 4 is 6.72 Å². The molecule has 1 heteroatoms.